The smallest absolute Gasteiger partial charge is 0.302 e. The molecule has 236 valence electrons. The van der Waals surface area contributed by atoms with E-state index in [1.54, 1.807) is 14.2 Å². The lowest BCUT2D eigenvalue weighted by atomic mass is 9.95. The van der Waals surface area contributed by atoms with Gasteiger partial charge in [-0.15, -0.1) is 0 Å². The Balaban J connectivity index is 0.000000737. The fourth-order valence-electron chi connectivity index (χ4n) is 4.06. The molecule has 0 aliphatic carbocycles. The van der Waals surface area contributed by atoms with E-state index in [2.05, 4.69) is 166 Å². The van der Waals surface area contributed by atoms with Crippen LogP contribution in [0.1, 0.15) is 51.3 Å². The van der Waals surface area contributed by atoms with Crippen LogP contribution < -0.4 is 4.90 Å². The molecule has 0 aromatic heterocycles. The van der Waals surface area contributed by atoms with Crippen LogP contribution in [0, 0.1) is 0 Å². The van der Waals surface area contributed by atoms with Crippen molar-refractivity contribution in [1.82, 2.24) is 0 Å². The number of carbonyl (C=O) groups is 1. The average molecular weight is 604 g/mol. The van der Waals surface area contributed by atoms with E-state index in [4.69, 9.17) is 0 Å². The summed E-state index contributed by atoms with van der Waals surface area (Å²) in [4.78, 5) is 11.9. The number of carbonyl (C=O) groups excluding carboxylic acids is 1. The Labute approximate surface area is 271 Å². The summed E-state index contributed by atoms with van der Waals surface area (Å²) in [6.45, 7) is 9.36. The third-order valence-electron chi connectivity index (χ3n) is 5.95. The summed E-state index contributed by atoms with van der Waals surface area (Å²) < 4.78 is 8.36. The van der Waals surface area contributed by atoms with Gasteiger partial charge in [-0.3, -0.25) is 4.79 Å². The zero-order valence-electron chi connectivity index (χ0n) is 28.1. The number of methoxy groups -OCH3 is 2. The molecule has 0 radical (unpaired) electrons. The molecule has 0 saturated heterocycles. The van der Waals surface area contributed by atoms with Crippen LogP contribution >= 0.6 is 0 Å². The molecule has 0 heterocycles. The highest BCUT2D eigenvalue weighted by molar-refractivity contribution is 5.91. The number of ether oxygens (including phenoxy) is 2. The molecule has 4 nitrogen and oxygen atoms in total. The number of hydrogen-bond donors (Lipinski definition) is 0. The van der Waals surface area contributed by atoms with Crippen molar-refractivity contribution in [2.45, 2.75) is 34.6 Å². The molecule has 0 fully saturated rings. The minimum absolute atomic E-state index is 0.245. The number of nitrogens with zero attached hydrogens (tertiary/aromatic N) is 1. The predicted octanol–water partition coefficient (Wildman–Crippen LogP) is 11.2. The summed E-state index contributed by atoms with van der Waals surface area (Å²) in [5, 5.41) is 0. The van der Waals surface area contributed by atoms with Crippen molar-refractivity contribution in [3.63, 3.8) is 0 Å². The van der Waals surface area contributed by atoms with Gasteiger partial charge >= 0.3 is 5.97 Å². The van der Waals surface area contributed by atoms with Crippen LogP contribution in [-0.4, -0.2) is 27.3 Å². The number of hydrogen-bond acceptors (Lipinski definition) is 4. The summed E-state index contributed by atoms with van der Waals surface area (Å²) >= 11 is 0. The summed E-state index contributed by atoms with van der Waals surface area (Å²) in [5.41, 5.74) is 8.22. The van der Waals surface area contributed by atoms with Gasteiger partial charge in [-0.05, 0) is 64.7 Å². The first kappa shape index (κ1) is 38.1. The molecule has 5 aromatic rings. The highest BCUT2D eigenvalue weighted by Gasteiger charge is 2.12. The molecule has 0 aliphatic heterocycles. The minimum Gasteiger partial charge on any atom is -0.469 e. The molecule has 0 amide bonds. The second-order valence-corrected chi connectivity index (χ2v) is 8.99. The Hall–Kier alpha value is -4.93. The SMILES string of the molecule is C(=C(c1ccccc1)c1ccccc1)c1ccc(N(c2ccccc2)c2ccccc2)cc1.CC.CC.COC.COC(C)=O. The monoisotopic (exact) mass is 603 g/mol. The molecule has 5 aromatic carbocycles. The molecule has 0 aliphatic rings. The molecule has 0 saturated carbocycles. The van der Waals surface area contributed by atoms with Crippen molar-refractivity contribution in [2.24, 2.45) is 0 Å². The van der Waals surface area contributed by atoms with E-state index >= 15 is 0 Å². The van der Waals surface area contributed by atoms with Crippen LogP contribution in [0.4, 0.5) is 17.1 Å². The van der Waals surface area contributed by atoms with Crippen LogP contribution in [-0.2, 0) is 14.3 Å². The Morgan fingerprint density at radius 2 is 0.800 bits per heavy atom. The van der Waals surface area contributed by atoms with Gasteiger partial charge in [0.2, 0.25) is 0 Å². The third kappa shape index (κ3) is 13.5. The van der Waals surface area contributed by atoms with Crippen molar-refractivity contribution in [1.29, 1.82) is 0 Å². The van der Waals surface area contributed by atoms with Crippen molar-refractivity contribution in [3.05, 3.63) is 162 Å². The Kier molecular flexibility index (Phi) is 19.9. The molecule has 5 rings (SSSR count). The standard InChI is InChI=1S/C32H25N.C3H6O2.C2H6O.2C2H6/c1-5-13-27(14-6-1)32(28-15-7-2-8-16-28)25-26-21-23-31(24-22-26)33(29-17-9-3-10-18-29)30-19-11-4-12-20-30;1-3(4)5-2;1-3-2;2*1-2/h1-25H;1-2H3;1-2H3;2*1-2H3. The molecule has 45 heavy (non-hydrogen) atoms. The van der Waals surface area contributed by atoms with Crippen LogP contribution in [0.2, 0.25) is 0 Å². The Morgan fingerprint density at radius 3 is 1.11 bits per heavy atom. The number of benzene rings is 5. The van der Waals surface area contributed by atoms with E-state index in [0.717, 1.165) is 17.1 Å². The second-order valence-electron chi connectivity index (χ2n) is 8.99. The van der Waals surface area contributed by atoms with Gasteiger partial charge in [0, 0.05) is 38.2 Å². The molecule has 0 spiro atoms. The van der Waals surface area contributed by atoms with Gasteiger partial charge in [0.1, 0.15) is 0 Å². The number of rotatable bonds is 6. The van der Waals surface area contributed by atoms with E-state index in [1.807, 2.05) is 27.7 Å². The van der Waals surface area contributed by atoms with Gasteiger partial charge in [0.15, 0.2) is 0 Å². The van der Waals surface area contributed by atoms with E-state index in [1.165, 1.54) is 36.3 Å². The van der Waals surface area contributed by atoms with Crippen molar-refractivity contribution < 1.29 is 14.3 Å². The van der Waals surface area contributed by atoms with Crippen molar-refractivity contribution in [3.8, 4) is 0 Å². The fraction of sp³-hybridized carbons (Fsp3) is 0.195. The van der Waals surface area contributed by atoms with Gasteiger partial charge in [-0.1, -0.05) is 137 Å². The van der Waals surface area contributed by atoms with Crippen molar-refractivity contribution in [2.75, 3.05) is 26.2 Å². The Bertz CT molecular complexity index is 1370. The van der Waals surface area contributed by atoms with Crippen LogP contribution in [0.15, 0.2) is 146 Å². The highest BCUT2D eigenvalue weighted by atomic mass is 16.5. The fourth-order valence-corrected chi connectivity index (χ4v) is 4.06. The molecule has 4 heteroatoms. The number of esters is 1. The molecular formula is C41H49NO3. The number of para-hydroxylation sites is 2. The van der Waals surface area contributed by atoms with Crippen molar-refractivity contribution >= 4 is 34.7 Å². The van der Waals surface area contributed by atoms with Crippen LogP contribution in [0.3, 0.4) is 0 Å². The lowest BCUT2D eigenvalue weighted by Crippen LogP contribution is -2.09. The molecular weight excluding hydrogens is 554 g/mol. The lowest BCUT2D eigenvalue weighted by Gasteiger charge is -2.25. The van der Waals surface area contributed by atoms with E-state index in [0.29, 0.717) is 0 Å². The third-order valence-corrected chi connectivity index (χ3v) is 5.95. The van der Waals surface area contributed by atoms with Gasteiger partial charge < -0.3 is 14.4 Å². The molecule has 0 bridgehead atoms. The minimum atomic E-state index is -0.245. The average Bonchev–Trinajstić information content (AvgIpc) is 3.12. The van der Waals surface area contributed by atoms with Gasteiger partial charge in [-0.25, -0.2) is 0 Å². The summed E-state index contributed by atoms with van der Waals surface area (Å²) in [7, 11) is 4.60. The predicted molar refractivity (Wildman–Crippen MR) is 194 cm³/mol. The molecule has 0 N–H and O–H groups in total. The summed E-state index contributed by atoms with van der Waals surface area (Å²) in [6.07, 6.45) is 2.27. The Morgan fingerprint density at radius 1 is 0.511 bits per heavy atom. The molecule has 0 atom stereocenters. The maximum absolute atomic E-state index is 9.59. The second kappa shape index (κ2) is 23.5. The van der Waals surface area contributed by atoms with E-state index in [-0.39, 0.29) is 5.97 Å². The van der Waals surface area contributed by atoms with Gasteiger partial charge in [0.05, 0.1) is 7.11 Å². The first-order valence-corrected chi connectivity index (χ1v) is 15.3. The number of anilines is 3. The molecule has 0 unspecified atom stereocenters. The lowest BCUT2D eigenvalue weighted by molar-refractivity contribution is -0.137. The van der Waals surface area contributed by atoms with Gasteiger partial charge in [0.25, 0.3) is 0 Å². The highest BCUT2D eigenvalue weighted by Crippen LogP contribution is 2.34. The first-order chi connectivity index (χ1) is 22.1. The van der Waals surface area contributed by atoms with E-state index < -0.39 is 0 Å². The first-order valence-electron chi connectivity index (χ1n) is 15.3. The largest absolute Gasteiger partial charge is 0.469 e. The summed E-state index contributed by atoms with van der Waals surface area (Å²) in [5.74, 6) is -0.245. The maximum Gasteiger partial charge on any atom is 0.302 e. The normalized spacial score (nSPS) is 9.07. The zero-order valence-corrected chi connectivity index (χ0v) is 28.1. The maximum atomic E-state index is 9.59. The van der Waals surface area contributed by atoms with Crippen LogP contribution in [0.5, 0.6) is 0 Å². The quantitative estimate of drug-likeness (QED) is 0.143. The summed E-state index contributed by atoms with van der Waals surface area (Å²) in [6, 6.07) is 50.9. The zero-order chi connectivity index (χ0) is 33.3. The van der Waals surface area contributed by atoms with Crippen LogP contribution in [0.25, 0.3) is 11.6 Å². The van der Waals surface area contributed by atoms with Gasteiger partial charge in [-0.2, -0.15) is 0 Å². The van der Waals surface area contributed by atoms with E-state index in [9.17, 15) is 4.79 Å². The topological polar surface area (TPSA) is 38.8 Å².